The molecule has 36 heteroatoms. The highest BCUT2D eigenvalue weighted by atomic mass is 19.4. The van der Waals surface area contributed by atoms with Gasteiger partial charge in [-0.25, -0.2) is 14.4 Å². The molecule has 2 aromatic rings. The maximum Gasteiger partial charge on any atom is 0.490 e. The van der Waals surface area contributed by atoms with Crippen molar-refractivity contribution in [3.05, 3.63) is 54.1 Å². The van der Waals surface area contributed by atoms with E-state index in [1.807, 2.05) is 11.0 Å². The molecular formula is C45H59F9N14O13. The van der Waals surface area contributed by atoms with Crippen LogP contribution in [0.1, 0.15) is 62.7 Å². The highest BCUT2D eigenvalue weighted by Gasteiger charge is 2.40. The van der Waals surface area contributed by atoms with Crippen molar-refractivity contribution >= 4 is 88.2 Å². The summed E-state index contributed by atoms with van der Waals surface area (Å²) < 4.78 is 95.2. The summed E-state index contributed by atoms with van der Waals surface area (Å²) in [5.74, 6) is -12.0. The van der Waals surface area contributed by atoms with Gasteiger partial charge in [0.2, 0.25) is 35.4 Å². The number of hydrogen-bond acceptors (Lipinski definition) is 14. The van der Waals surface area contributed by atoms with Gasteiger partial charge < -0.3 is 59.5 Å². The smallest absolute Gasteiger partial charge is 0.475 e. The molecule has 81 heavy (non-hydrogen) atoms. The number of benzene rings is 2. The van der Waals surface area contributed by atoms with Crippen molar-refractivity contribution in [1.82, 2.24) is 31.5 Å². The molecule has 0 radical (unpaired) electrons. The van der Waals surface area contributed by atoms with Crippen molar-refractivity contribution < 1.29 is 103 Å². The van der Waals surface area contributed by atoms with Crippen LogP contribution in [0.25, 0.3) is 0 Å². The molecule has 27 nitrogen and oxygen atoms in total. The molecular weight excluding hydrogens is 1120 g/mol. The van der Waals surface area contributed by atoms with Crippen molar-refractivity contribution in [2.75, 3.05) is 49.5 Å². The quantitative estimate of drug-likeness (QED) is 0.0384. The number of carbonyl (C=O) groups excluding carboxylic acids is 7. The van der Waals surface area contributed by atoms with Crippen LogP contribution in [0, 0.1) is 0 Å². The molecule has 0 spiro atoms. The maximum absolute atomic E-state index is 13.9. The lowest BCUT2D eigenvalue weighted by Gasteiger charge is -2.33. The first-order valence-corrected chi connectivity index (χ1v) is 23.5. The van der Waals surface area contributed by atoms with Gasteiger partial charge in [0.25, 0.3) is 5.91 Å². The van der Waals surface area contributed by atoms with Crippen molar-refractivity contribution in [2.45, 2.75) is 95.1 Å². The summed E-state index contributed by atoms with van der Waals surface area (Å²) in [7, 11) is 0. The highest BCUT2D eigenvalue weighted by molar-refractivity contribution is 6.18. The molecule has 1 saturated heterocycles. The first-order chi connectivity index (χ1) is 37.5. The topological polar surface area (TPSA) is 439 Å². The Balaban J connectivity index is 0.00000131. The molecule has 450 valence electrons. The number of aliphatic imine (C=N–C) groups is 2. The lowest BCUT2D eigenvalue weighted by atomic mass is 10.0. The number of nitrogens with one attached hydrogen (secondary N) is 6. The summed E-state index contributed by atoms with van der Waals surface area (Å²) in [5.41, 5.74) is 23.6. The van der Waals surface area contributed by atoms with E-state index in [1.54, 1.807) is 47.4 Å². The fourth-order valence-electron chi connectivity index (χ4n) is 6.75. The normalized spacial score (nSPS) is 14.3. The summed E-state index contributed by atoms with van der Waals surface area (Å²) in [5, 5.41) is 37.6. The van der Waals surface area contributed by atoms with E-state index in [1.165, 1.54) is 6.92 Å². The molecule has 0 unspecified atom stereocenters. The van der Waals surface area contributed by atoms with Gasteiger partial charge in [0, 0.05) is 39.1 Å². The Hall–Kier alpha value is -8.83. The minimum Gasteiger partial charge on any atom is -0.475 e. The van der Waals surface area contributed by atoms with Crippen LogP contribution in [-0.4, -0.2) is 173 Å². The Labute approximate surface area is 453 Å². The monoisotopic (exact) mass is 1170 g/mol. The summed E-state index contributed by atoms with van der Waals surface area (Å²) in [6, 6.07) is 10.8. The number of piperidine rings is 1. The number of hydrogen-bond donors (Lipinski definition) is 13. The molecule has 0 aliphatic carbocycles. The van der Waals surface area contributed by atoms with Crippen LogP contribution in [0.3, 0.4) is 0 Å². The third-order valence-corrected chi connectivity index (χ3v) is 10.5. The van der Waals surface area contributed by atoms with Crippen LogP contribution in [0.4, 0.5) is 56.6 Å². The summed E-state index contributed by atoms with van der Waals surface area (Å²) >= 11 is 0. The zero-order valence-electron chi connectivity index (χ0n) is 42.8. The van der Waals surface area contributed by atoms with Crippen LogP contribution >= 0.6 is 0 Å². The molecule has 0 aromatic heterocycles. The van der Waals surface area contributed by atoms with Gasteiger partial charge in [0.1, 0.15) is 12.1 Å². The third-order valence-electron chi connectivity index (χ3n) is 10.5. The zero-order chi connectivity index (χ0) is 62.0. The second-order valence-corrected chi connectivity index (χ2v) is 16.9. The molecule has 0 bridgehead atoms. The summed E-state index contributed by atoms with van der Waals surface area (Å²) in [6.45, 7) is 3.93. The van der Waals surface area contributed by atoms with Gasteiger partial charge in [0.15, 0.2) is 11.9 Å². The number of carboxylic acids is 3. The highest BCUT2D eigenvalue weighted by Crippen LogP contribution is 2.38. The summed E-state index contributed by atoms with van der Waals surface area (Å²) in [4.78, 5) is 129. The average molecular weight is 1180 g/mol. The number of halogens is 9. The molecule has 17 N–H and O–H groups in total. The Morgan fingerprint density at radius 2 is 1.14 bits per heavy atom. The van der Waals surface area contributed by atoms with Gasteiger partial charge in [0.05, 0.1) is 41.8 Å². The van der Waals surface area contributed by atoms with Crippen LogP contribution in [0.2, 0.25) is 0 Å². The first-order valence-electron chi connectivity index (χ1n) is 23.5. The number of anilines is 3. The predicted octanol–water partition coefficient (Wildman–Crippen LogP) is 0.115. The Bertz CT molecular complexity index is 2530. The van der Waals surface area contributed by atoms with E-state index in [9.17, 15) is 73.1 Å². The number of guanidine groups is 2. The van der Waals surface area contributed by atoms with Gasteiger partial charge >= 0.3 is 36.4 Å². The van der Waals surface area contributed by atoms with Crippen LogP contribution in [0.15, 0.2) is 58.5 Å². The minimum absolute atomic E-state index is 0.0951. The number of carboxylic acid groups (broad SMARTS) is 3. The van der Waals surface area contributed by atoms with Gasteiger partial charge in [-0.15, -0.1) is 0 Å². The third kappa shape index (κ3) is 27.1. The van der Waals surface area contributed by atoms with Crippen molar-refractivity contribution in [2.24, 2.45) is 32.9 Å². The molecule has 7 amide bonds. The van der Waals surface area contributed by atoms with Gasteiger partial charge in [-0.3, -0.25) is 64.0 Å². The van der Waals surface area contributed by atoms with E-state index >= 15 is 0 Å². The number of alkyl halides is 9. The number of para-hydroxylation sites is 3. The van der Waals surface area contributed by atoms with E-state index in [4.69, 9.17) is 52.6 Å². The van der Waals surface area contributed by atoms with E-state index in [0.717, 1.165) is 6.92 Å². The minimum atomic E-state index is -5.08. The molecule has 2 aliphatic rings. The molecule has 2 heterocycles. The van der Waals surface area contributed by atoms with E-state index in [0.29, 0.717) is 61.4 Å². The average Bonchev–Trinajstić information content (AvgIpc) is 3.77. The van der Waals surface area contributed by atoms with Crippen LogP contribution in [-0.2, 0) is 43.2 Å². The van der Waals surface area contributed by atoms with Crippen LogP contribution < -0.4 is 59.7 Å². The number of imide groups is 1. The molecule has 4 rings (SSSR count). The predicted molar refractivity (Wildman–Crippen MR) is 267 cm³/mol. The fourth-order valence-corrected chi connectivity index (χ4v) is 6.75. The SMILES string of the molecule is CC(=O)NC(=O)[C@H](CCCN=C(N)N)NC(=O)[C@H](C)NC(=O)[C@H](CCCN=C(N)N)NCC(=O)NC1CCN(CC(=O)N2c3ccccc3NC(=O)c3ccccc32)CC1.O=C(O)C(F)(F)F.O=C(O)C(F)(F)F.O=C(O)C(F)(F)F. The first kappa shape index (κ1) is 70.2. The van der Waals surface area contributed by atoms with Gasteiger partial charge in [-0.2, -0.15) is 39.5 Å². The Morgan fingerprint density at radius 1 is 0.679 bits per heavy atom. The maximum atomic E-state index is 13.9. The number of nitrogens with two attached hydrogens (primary N) is 4. The van der Waals surface area contributed by atoms with Gasteiger partial charge in [-0.05, 0) is 69.7 Å². The van der Waals surface area contributed by atoms with E-state index < -0.39 is 78.2 Å². The Morgan fingerprint density at radius 3 is 1.60 bits per heavy atom. The lowest BCUT2D eigenvalue weighted by Crippen LogP contribution is -2.56. The number of nitrogens with zero attached hydrogens (tertiary/aromatic N) is 4. The number of carbonyl (C=O) groups is 10. The number of aliphatic carboxylic acids is 3. The fraction of sp³-hybridized carbons (Fsp3) is 0.467. The second-order valence-electron chi connectivity index (χ2n) is 16.9. The Kier molecular flexibility index (Phi) is 28.5. The van der Waals surface area contributed by atoms with Crippen molar-refractivity contribution in [3.63, 3.8) is 0 Å². The lowest BCUT2D eigenvalue weighted by molar-refractivity contribution is -0.193. The molecule has 2 aromatic carbocycles. The second kappa shape index (κ2) is 32.9. The number of fused-ring (bicyclic) bond motifs is 2. The van der Waals surface area contributed by atoms with Gasteiger partial charge in [-0.1, -0.05) is 24.3 Å². The van der Waals surface area contributed by atoms with Crippen LogP contribution in [0.5, 0.6) is 0 Å². The number of amides is 7. The summed E-state index contributed by atoms with van der Waals surface area (Å²) in [6.07, 6.45) is -13.1. The van der Waals surface area contributed by atoms with Crippen molar-refractivity contribution in [3.8, 4) is 0 Å². The number of rotatable bonds is 19. The standard InChI is InChI=1S/C39H56N14O7.3C2HF3O2/c1-23(34(57)51-29(37(60)48-24(2)54)12-8-18-45-39(42)43)47-36(59)28(11-7-17-44-38(40)41)46-21-32(55)49-25-15-19-52(20-16-25)22-33(56)53-30-13-5-3-9-26(30)35(58)50-27-10-4-6-14-31(27)53;3*3-2(4,5)1(6)7/h3-6,9-10,13-14,23,25,28-29,46H,7-8,11-12,15-22H2,1-2H3,(H,47,59)(H,49,55)(H,50,58)(H,51,57)(H4,40,41,44)(H4,42,43,45)(H,48,54,60);3*(H,6,7)/t23-,28-,29-;;;/m0.../s1. The van der Waals surface area contributed by atoms with E-state index in [-0.39, 0.29) is 74.7 Å². The largest absolute Gasteiger partial charge is 0.490 e. The van der Waals surface area contributed by atoms with Crippen molar-refractivity contribution in [1.29, 1.82) is 0 Å². The molecule has 0 saturated carbocycles. The molecule has 1 fully saturated rings. The zero-order valence-corrected chi connectivity index (χ0v) is 42.8. The molecule has 2 aliphatic heterocycles. The van der Waals surface area contributed by atoms with E-state index in [2.05, 4.69) is 41.9 Å². The number of likely N-dealkylation sites (tertiary alicyclic amines) is 1. The molecule has 3 atom stereocenters.